The van der Waals surface area contributed by atoms with Gasteiger partial charge in [0.2, 0.25) is 0 Å². The number of rotatable bonds is 3. The molecule has 3 aromatic heterocycles. The fraction of sp³-hybridized carbons (Fsp3) is 0.444. The van der Waals surface area contributed by atoms with Gasteiger partial charge in [-0.2, -0.15) is 12.6 Å². The summed E-state index contributed by atoms with van der Waals surface area (Å²) in [5.74, 6) is -3.52. The summed E-state index contributed by atoms with van der Waals surface area (Å²) in [5, 5.41) is 0.316. The molecular formula is C18H22ClF2N7S. The van der Waals surface area contributed by atoms with Gasteiger partial charge >= 0.3 is 0 Å². The molecule has 1 aliphatic heterocycles. The Balaban J connectivity index is 0.00000117. The highest BCUT2D eigenvalue weighted by Gasteiger charge is 2.49. The van der Waals surface area contributed by atoms with E-state index in [1.54, 1.807) is 41.5 Å². The lowest BCUT2D eigenvalue weighted by Gasteiger charge is -2.42. The topological polar surface area (TPSA) is 85.2 Å². The Morgan fingerprint density at radius 1 is 1.24 bits per heavy atom. The highest BCUT2D eigenvalue weighted by molar-refractivity contribution is 7.79. The number of anilines is 1. The van der Waals surface area contributed by atoms with Crippen LogP contribution < -0.4 is 10.6 Å². The number of hydrogen-bond acceptors (Lipinski definition) is 7. The molecule has 4 heterocycles. The first-order valence-corrected chi connectivity index (χ1v) is 10.3. The van der Waals surface area contributed by atoms with Crippen LogP contribution in [0, 0.1) is 11.8 Å². The Morgan fingerprint density at radius 3 is 2.72 bits per heavy atom. The van der Waals surface area contributed by atoms with E-state index in [9.17, 15) is 8.78 Å². The van der Waals surface area contributed by atoms with Crippen molar-refractivity contribution in [3.8, 4) is 11.5 Å². The SMILES string of the molecule is CC1CN(c2ccnc(-c3cnc4cnc(Cl)cn34)n2)CC(CN)C1(F)F.CS. The number of aromatic nitrogens is 5. The lowest BCUT2D eigenvalue weighted by Crippen LogP contribution is -2.55. The van der Waals surface area contributed by atoms with Crippen molar-refractivity contribution >= 4 is 35.7 Å². The van der Waals surface area contributed by atoms with E-state index in [4.69, 9.17) is 17.3 Å². The van der Waals surface area contributed by atoms with Gasteiger partial charge in [-0.1, -0.05) is 18.5 Å². The van der Waals surface area contributed by atoms with Crippen LogP contribution in [0.1, 0.15) is 6.92 Å². The first-order valence-electron chi connectivity index (χ1n) is 8.99. The van der Waals surface area contributed by atoms with Crippen LogP contribution in [-0.4, -0.2) is 56.1 Å². The Bertz CT molecular complexity index is 984. The lowest BCUT2D eigenvalue weighted by molar-refractivity contribution is -0.108. The highest BCUT2D eigenvalue weighted by Crippen LogP contribution is 2.38. The van der Waals surface area contributed by atoms with Crippen LogP contribution in [0.4, 0.5) is 14.6 Å². The maximum absolute atomic E-state index is 14.3. The number of halogens is 3. The number of piperidine rings is 1. The van der Waals surface area contributed by atoms with Crippen LogP contribution in [0.3, 0.4) is 0 Å². The quantitative estimate of drug-likeness (QED) is 0.608. The molecular weight excluding hydrogens is 420 g/mol. The minimum absolute atomic E-state index is 0.0788. The molecule has 0 bridgehead atoms. The van der Waals surface area contributed by atoms with Crippen molar-refractivity contribution in [3.63, 3.8) is 0 Å². The fourth-order valence-electron chi connectivity index (χ4n) is 3.42. The molecule has 0 amide bonds. The van der Waals surface area contributed by atoms with Crippen LogP contribution in [0.15, 0.2) is 30.9 Å². The Labute approximate surface area is 177 Å². The molecule has 1 aliphatic rings. The molecule has 29 heavy (non-hydrogen) atoms. The summed E-state index contributed by atoms with van der Waals surface area (Å²) in [5.41, 5.74) is 6.85. The second kappa shape index (κ2) is 8.76. The predicted molar refractivity (Wildman–Crippen MR) is 113 cm³/mol. The van der Waals surface area contributed by atoms with E-state index in [2.05, 4.69) is 32.6 Å². The van der Waals surface area contributed by atoms with E-state index in [1.165, 1.54) is 6.92 Å². The summed E-state index contributed by atoms with van der Waals surface area (Å²) in [4.78, 5) is 19.0. The molecule has 3 aromatic rings. The minimum Gasteiger partial charge on any atom is -0.355 e. The van der Waals surface area contributed by atoms with E-state index in [1.807, 2.05) is 4.90 Å². The number of fused-ring (bicyclic) bond motifs is 1. The second-order valence-electron chi connectivity index (χ2n) is 6.73. The molecule has 2 N–H and O–H groups in total. The van der Waals surface area contributed by atoms with Gasteiger partial charge in [0.05, 0.1) is 18.3 Å². The summed E-state index contributed by atoms with van der Waals surface area (Å²) in [6.07, 6.45) is 8.11. The zero-order valence-electron chi connectivity index (χ0n) is 16.0. The average molecular weight is 442 g/mol. The molecule has 4 rings (SSSR count). The number of nitrogens with two attached hydrogens (primary N) is 1. The summed E-state index contributed by atoms with van der Waals surface area (Å²) >= 11 is 9.50. The first-order chi connectivity index (χ1) is 13.9. The van der Waals surface area contributed by atoms with Crippen molar-refractivity contribution in [2.75, 3.05) is 30.8 Å². The monoisotopic (exact) mass is 441 g/mol. The van der Waals surface area contributed by atoms with E-state index in [0.717, 1.165) is 0 Å². The molecule has 1 fully saturated rings. The standard InChI is InChI=1S/C17H18ClF2N7.CH4S/c1-10-7-26(8-11(4-21)17(10,19)20)14-2-3-22-16(25-14)12-5-24-15-6-23-13(18)9-27(12)15;1-2/h2-3,5-6,9-11H,4,7-8,21H2,1H3;2H,1H3. The maximum atomic E-state index is 14.3. The number of nitrogens with zero attached hydrogens (tertiary/aromatic N) is 6. The van der Waals surface area contributed by atoms with Gasteiger partial charge in [-0.15, -0.1) is 0 Å². The van der Waals surface area contributed by atoms with Gasteiger partial charge in [0, 0.05) is 37.9 Å². The summed E-state index contributed by atoms with van der Waals surface area (Å²) in [7, 11) is 0. The highest BCUT2D eigenvalue weighted by atomic mass is 35.5. The second-order valence-corrected chi connectivity index (χ2v) is 7.12. The first kappa shape index (κ1) is 21.7. The zero-order chi connectivity index (χ0) is 21.2. The van der Waals surface area contributed by atoms with Gasteiger partial charge in [-0.25, -0.2) is 28.7 Å². The molecule has 7 nitrogen and oxygen atoms in total. The van der Waals surface area contributed by atoms with Crippen molar-refractivity contribution in [1.82, 2.24) is 24.3 Å². The van der Waals surface area contributed by atoms with Gasteiger partial charge in [-0.05, 0) is 12.3 Å². The van der Waals surface area contributed by atoms with Gasteiger partial charge in [0.1, 0.15) is 16.7 Å². The molecule has 1 saturated heterocycles. The van der Waals surface area contributed by atoms with Crippen molar-refractivity contribution in [2.45, 2.75) is 12.8 Å². The van der Waals surface area contributed by atoms with E-state index in [-0.39, 0.29) is 19.6 Å². The van der Waals surface area contributed by atoms with Gasteiger partial charge in [-0.3, -0.25) is 4.40 Å². The Hall–Kier alpha value is -2.04. The van der Waals surface area contributed by atoms with Crippen LogP contribution in [0.5, 0.6) is 0 Å². The van der Waals surface area contributed by atoms with E-state index >= 15 is 0 Å². The van der Waals surface area contributed by atoms with Crippen LogP contribution >= 0.6 is 24.2 Å². The predicted octanol–water partition coefficient (Wildman–Crippen LogP) is 3.05. The molecule has 2 unspecified atom stereocenters. The molecule has 11 heteroatoms. The fourth-order valence-corrected chi connectivity index (χ4v) is 3.56. The third-order valence-corrected chi connectivity index (χ3v) is 5.17. The van der Waals surface area contributed by atoms with Gasteiger partial charge in [0.15, 0.2) is 11.5 Å². The largest absolute Gasteiger partial charge is 0.355 e. The Morgan fingerprint density at radius 2 is 2.00 bits per heavy atom. The minimum atomic E-state index is -2.79. The van der Waals surface area contributed by atoms with Crippen LogP contribution in [-0.2, 0) is 0 Å². The number of thiol groups is 1. The average Bonchev–Trinajstić information content (AvgIpc) is 3.14. The number of imidazole rings is 1. The molecule has 0 aliphatic carbocycles. The zero-order valence-corrected chi connectivity index (χ0v) is 17.7. The smallest absolute Gasteiger partial charge is 0.257 e. The van der Waals surface area contributed by atoms with Crippen LogP contribution in [0.2, 0.25) is 5.15 Å². The molecule has 0 spiro atoms. The Kier molecular flexibility index (Phi) is 6.55. The third-order valence-electron chi connectivity index (χ3n) is 4.98. The van der Waals surface area contributed by atoms with E-state index < -0.39 is 17.8 Å². The number of alkyl halides is 2. The molecule has 2 atom stereocenters. The van der Waals surface area contributed by atoms with E-state index in [0.29, 0.717) is 28.1 Å². The summed E-state index contributed by atoms with van der Waals surface area (Å²) < 4.78 is 30.3. The molecule has 0 aromatic carbocycles. The van der Waals surface area contributed by atoms with Crippen molar-refractivity contribution in [3.05, 3.63) is 36.0 Å². The van der Waals surface area contributed by atoms with Gasteiger partial charge < -0.3 is 10.6 Å². The number of hydrogen-bond donors (Lipinski definition) is 2. The molecule has 0 saturated carbocycles. The normalized spacial score (nSPS) is 21.0. The summed E-state index contributed by atoms with van der Waals surface area (Å²) in [6.45, 7) is 1.80. The van der Waals surface area contributed by atoms with Gasteiger partial charge in [0.25, 0.3) is 5.92 Å². The lowest BCUT2D eigenvalue weighted by atomic mass is 9.86. The maximum Gasteiger partial charge on any atom is 0.257 e. The van der Waals surface area contributed by atoms with Crippen molar-refractivity contribution in [2.24, 2.45) is 17.6 Å². The van der Waals surface area contributed by atoms with Crippen molar-refractivity contribution < 1.29 is 8.78 Å². The molecule has 156 valence electrons. The summed E-state index contributed by atoms with van der Waals surface area (Å²) in [6, 6.07) is 1.71. The van der Waals surface area contributed by atoms with Crippen molar-refractivity contribution in [1.29, 1.82) is 0 Å². The van der Waals surface area contributed by atoms with Crippen LogP contribution in [0.25, 0.3) is 17.2 Å². The third kappa shape index (κ3) is 4.15. The molecule has 0 radical (unpaired) electrons.